The molecular weight excluding hydrogens is 376 g/mol. The highest BCUT2D eigenvalue weighted by Gasteiger charge is 2.13. The van der Waals surface area contributed by atoms with Crippen LogP contribution in [0.2, 0.25) is 0 Å². The monoisotopic (exact) mass is 398 g/mol. The molecule has 0 fully saturated rings. The Labute approximate surface area is 174 Å². The zero-order valence-electron chi connectivity index (χ0n) is 16.6. The van der Waals surface area contributed by atoms with E-state index in [4.69, 9.17) is 0 Å². The molecule has 0 bridgehead atoms. The molecule has 150 valence electrons. The number of nitrogens with zero attached hydrogens (tertiary/aromatic N) is 4. The van der Waals surface area contributed by atoms with E-state index < -0.39 is 0 Å². The lowest BCUT2D eigenvalue weighted by Gasteiger charge is -2.12. The highest BCUT2D eigenvalue weighted by Crippen LogP contribution is 2.17. The average molecular weight is 398 g/mol. The maximum atomic E-state index is 12.8. The summed E-state index contributed by atoms with van der Waals surface area (Å²) in [5.41, 5.74) is 4.42. The average Bonchev–Trinajstić information content (AvgIpc) is 3.26. The molecule has 7 nitrogen and oxygen atoms in total. The van der Waals surface area contributed by atoms with Crippen LogP contribution in [0.15, 0.2) is 78.9 Å². The van der Waals surface area contributed by atoms with Crippen LogP contribution in [0.1, 0.15) is 27.3 Å². The van der Waals surface area contributed by atoms with E-state index in [0.29, 0.717) is 24.5 Å². The Morgan fingerprint density at radius 3 is 2.43 bits per heavy atom. The van der Waals surface area contributed by atoms with Gasteiger partial charge in [-0.25, -0.2) is 0 Å². The molecule has 4 rings (SSSR count). The molecule has 0 spiro atoms. The summed E-state index contributed by atoms with van der Waals surface area (Å²) < 4.78 is 1.67. The smallest absolute Gasteiger partial charge is 0.253 e. The summed E-state index contributed by atoms with van der Waals surface area (Å²) in [6, 6.07) is 25.2. The van der Waals surface area contributed by atoms with Crippen LogP contribution in [0, 0.1) is 6.92 Å². The molecule has 0 atom stereocenters. The molecule has 0 saturated heterocycles. The van der Waals surface area contributed by atoms with Crippen molar-refractivity contribution < 1.29 is 4.79 Å². The number of benzene rings is 3. The summed E-state index contributed by atoms with van der Waals surface area (Å²) in [4.78, 5) is 12.8. The lowest BCUT2D eigenvalue weighted by molar-refractivity contribution is 0.0951. The van der Waals surface area contributed by atoms with Crippen LogP contribution in [0.3, 0.4) is 0 Å². The summed E-state index contributed by atoms with van der Waals surface area (Å²) in [7, 11) is 0. The minimum absolute atomic E-state index is 0.138. The number of amides is 1. The van der Waals surface area contributed by atoms with Gasteiger partial charge in [-0.3, -0.25) is 4.79 Å². The van der Waals surface area contributed by atoms with Gasteiger partial charge in [0.2, 0.25) is 0 Å². The molecule has 30 heavy (non-hydrogen) atoms. The molecule has 0 aliphatic heterocycles. The Morgan fingerprint density at radius 2 is 1.63 bits per heavy atom. The van der Waals surface area contributed by atoms with Gasteiger partial charge >= 0.3 is 0 Å². The highest BCUT2D eigenvalue weighted by atomic mass is 16.1. The van der Waals surface area contributed by atoms with Crippen molar-refractivity contribution in [3.63, 3.8) is 0 Å². The molecule has 0 saturated carbocycles. The van der Waals surface area contributed by atoms with Gasteiger partial charge in [-0.1, -0.05) is 60.2 Å². The number of rotatable bonds is 7. The van der Waals surface area contributed by atoms with Crippen molar-refractivity contribution in [3.05, 3.63) is 101 Å². The van der Waals surface area contributed by atoms with Crippen LogP contribution in [0.25, 0.3) is 5.69 Å². The maximum Gasteiger partial charge on any atom is 0.253 e. The van der Waals surface area contributed by atoms with Crippen molar-refractivity contribution in [2.24, 2.45) is 0 Å². The van der Waals surface area contributed by atoms with E-state index in [-0.39, 0.29) is 5.91 Å². The second kappa shape index (κ2) is 9.00. The number of hydrogen-bond acceptors (Lipinski definition) is 5. The topological polar surface area (TPSA) is 84.7 Å². The number of para-hydroxylation sites is 2. The number of aromatic nitrogens is 4. The first-order valence-corrected chi connectivity index (χ1v) is 9.70. The van der Waals surface area contributed by atoms with Crippen molar-refractivity contribution in [3.8, 4) is 5.69 Å². The van der Waals surface area contributed by atoms with Crippen molar-refractivity contribution >= 4 is 11.6 Å². The molecule has 0 aliphatic carbocycles. The second-order valence-electron chi connectivity index (χ2n) is 6.91. The lowest BCUT2D eigenvalue weighted by atomic mass is 10.1. The van der Waals surface area contributed by atoms with E-state index in [0.717, 1.165) is 16.9 Å². The molecule has 1 heterocycles. The van der Waals surface area contributed by atoms with Gasteiger partial charge in [0.25, 0.3) is 5.91 Å². The minimum atomic E-state index is -0.138. The predicted molar refractivity (Wildman–Crippen MR) is 115 cm³/mol. The first-order chi connectivity index (χ1) is 14.7. The largest absolute Gasteiger partial charge is 0.377 e. The van der Waals surface area contributed by atoms with Crippen molar-refractivity contribution in [2.45, 2.75) is 20.0 Å². The summed E-state index contributed by atoms with van der Waals surface area (Å²) in [5.74, 6) is 0.511. The molecule has 0 aliphatic rings. The van der Waals surface area contributed by atoms with Gasteiger partial charge in [0.1, 0.15) is 0 Å². The Morgan fingerprint density at radius 1 is 0.900 bits per heavy atom. The van der Waals surface area contributed by atoms with E-state index in [1.807, 2.05) is 79.7 Å². The SMILES string of the molecule is Cc1ccc(CNC(=O)c2ccccc2NCc2nnnn2-c2ccccc2)cc1. The molecule has 1 aromatic heterocycles. The fourth-order valence-electron chi connectivity index (χ4n) is 3.08. The number of anilines is 1. The van der Waals surface area contributed by atoms with Gasteiger partial charge in [0, 0.05) is 12.2 Å². The molecule has 0 radical (unpaired) electrons. The number of aryl methyl sites for hydroxylation is 1. The van der Waals surface area contributed by atoms with Crippen LogP contribution in [-0.2, 0) is 13.1 Å². The van der Waals surface area contributed by atoms with E-state index in [1.54, 1.807) is 10.7 Å². The summed E-state index contributed by atoms with van der Waals surface area (Å²) in [6.45, 7) is 2.89. The zero-order chi connectivity index (χ0) is 20.8. The Balaban J connectivity index is 1.44. The quantitative estimate of drug-likeness (QED) is 0.498. The third-order valence-electron chi connectivity index (χ3n) is 4.72. The maximum absolute atomic E-state index is 12.8. The van der Waals surface area contributed by atoms with E-state index in [9.17, 15) is 4.79 Å². The number of tetrazole rings is 1. The van der Waals surface area contributed by atoms with Gasteiger partial charge in [-0.2, -0.15) is 4.68 Å². The molecule has 7 heteroatoms. The number of nitrogens with one attached hydrogen (secondary N) is 2. The van der Waals surface area contributed by atoms with Crippen molar-refractivity contribution in [2.75, 3.05) is 5.32 Å². The molecule has 4 aromatic rings. The third kappa shape index (κ3) is 4.52. The van der Waals surface area contributed by atoms with Gasteiger partial charge < -0.3 is 10.6 Å². The number of carbonyl (C=O) groups is 1. The number of carbonyl (C=O) groups excluding carboxylic acids is 1. The second-order valence-corrected chi connectivity index (χ2v) is 6.91. The molecule has 3 aromatic carbocycles. The summed E-state index contributed by atoms with van der Waals surface area (Å²) in [6.07, 6.45) is 0. The van der Waals surface area contributed by atoms with Crippen LogP contribution in [0.4, 0.5) is 5.69 Å². The normalized spacial score (nSPS) is 10.6. The van der Waals surface area contributed by atoms with Crippen LogP contribution in [0.5, 0.6) is 0 Å². The van der Waals surface area contributed by atoms with E-state index in [1.165, 1.54) is 5.56 Å². The predicted octanol–water partition coefficient (Wildman–Crippen LogP) is 3.51. The fraction of sp³-hybridized carbons (Fsp3) is 0.130. The molecule has 0 unspecified atom stereocenters. The fourth-order valence-corrected chi connectivity index (χ4v) is 3.08. The van der Waals surface area contributed by atoms with Crippen LogP contribution < -0.4 is 10.6 Å². The minimum Gasteiger partial charge on any atom is -0.377 e. The van der Waals surface area contributed by atoms with Crippen LogP contribution in [-0.4, -0.2) is 26.1 Å². The Kier molecular flexibility index (Phi) is 5.80. The Bertz CT molecular complexity index is 1120. The summed E-state index contributed by atoms with van der Waals surface area (Å²) in [5, 5.41) is 18.2. The lowest BCUT2D eigenvalue weighted by Crippen LogP contribution is -2.24. The highest BCUT2D eigenvalue weighted by molar-refractivity contribution is 5.99. The summed E-state index contributed by atoms with van der Waals surface area (Å²) >= 11 is 0. The van der Waals surface area contributed by atoms with Crippen molar-refractivity contribution in [1.29, 1.82) is 0 Å². The van der Waals surface area contributed by atoms with Crippen molar-refractivity contribution in [1.82, 2.24) is 25.5 Å². The molecule has 1 amide bonds. The number of hydrogen-bond donors (Lipinski definition) is 2. The van der Waals surface area contributed by atoms with Gasteiger partial charge in [0.05, 0.1) is 17.8 Å². The van der Waals surface area contributed by atoms with E-state index >= 15 is 0 Å². The molecular formula is C23H22N6O. The molecule has 2 N–H and O–H groups in total. The standard InChI is InChI=1S/C23H22N6O/c1-17-11-13-18(14-12-17)15-25-23(30)20-9-5-6-10-21(20)24-16-22-26-27-28-29(22)19-7-3-2-4-8-19/h2-14,24H,15-16H2,1H3,(H,25,30). The van der Waals surface area contributed by atoms with Gasteiger partial charge in [-0.05, 0) is 47.2 Å². The van der Waals surface area contributed by atoms with Gasteiger partial charge in [0.15, 0.2) is 5.82 Å². The zero-order valence-corrected chi connectivity index (χ0v) is 16.6. The first kappa shape index (κ1) is 19.3. The Hall–Kier alpha value is -4.00. The van der Waals surface area contributed by atoms with Crippen LogP contribution >= 0.6 is 0 Å². The van der Waals surface area contributed by atoms with Gasteiger partial charge in [-0.15, -0.1) is 5.10 Å². The third-order valence-corrected chi connectivity index (χ3v) is 4.72. The first-order valence-electron chi connectivity index (χ1n) is 9.70. The van der Waals surface area contributed by atoms with E-state index in [2.05, 4.69) is 26.2 Å².